The van der Waals surface area contributed by atoms with Crippen molar-refractivity contribution in [1.29, 1.82) is 0 Å². The van der Waals surface area contributed by atoms with Gasteiger partial charge in [-0.2, -0.15) is 0 Å². The molecule has 0 saturated carbocycles. The number of hydrogen-bond acceptors (Lipinski definition) is 10. The minimum absolute atomic E-state index is 0.00977. The number of carbonyl (C=O) groups is 3. The number of ketones is 1. The number of aliphatic carboxylic acids is 1. The highest BCUT2D eigenvalue weighted by Gasteiger charge is 2.21. The van der Waals surface area contributed by atoms with Crippen molar-refractivity contribution in [3.8, 4) is 16.9 Å². The van der Waals surface area contributed by atoms with Crippen LogP contribution in [0.5, 0.6) is 5.75 Å². The Kier molecular flexibility index (Phi) is 20.0. The Hall–Kier alpha value is -5.37. The minimum atomic E-state index is -1.00. The van der Waals surface area contributed by atoms with Crippen LogP contribution in [0.25, 0.3) is 32.3 Å². The Balaban J connectivity index is 1.22. The molecule has 0 radical (unpaired) electrons. The molecule has 0 saturated heterocycles. The van der Waals surface area contributed by atoms with E-state index in [1.807, 2.05) is 79.7 Å². The lowest BCUT2D eigenvalue weighted by molar-refractivity contribution is -0.137. The van der Waals surface area contributed by atoms with Crippen molar-refractivity contribution in [3.05, 3.63) is 106 Å². The number of nitrogens with zero attached hydrogens (tertiary/aromatic N) is 4. The fourth-order valence-electron chi connectivity index (χ4n) is 6.21. The molecule has 4 rings (SSSR count). The second kappa shape index (κ2) is 25.7. The lowest BCUT2D eigenvalue weighted by atomic mass is 9.88. The number of Topliss-reactive ketones (excluding diaryl/α,β-unsaturated/α-hetero) is 1. The summed E-state index contributed by atoms with van der Waals surface area (Å²) in [6.07, 6.45) is 4.14. The molecule has 0 bridgehead atoms. The first-order valence-corrected chi connectivity index (χ1v) is 19.3. The van der Waals surface area contributed by atoms with Crippen molar-refractivity contribution in [2.24, 2.45) is 5.11 Å². The number of carboxylic acid groups (broad SMARTS) is 1. The largest absolute Gasteiger partial charge is 0.491 e. The molecular formula is C43H53N5O9. The molecule has 57 heavy (non-hydrogen) atoms. The van der Waals surface area contributed by atoms with Crippen molar-refractivity contribution in [1.82, 2.24) is 10.3 Å². The maximum absolute atomic E-state index is 13.0. The first-order chi connectivity index (χ1) is 27.8. The van der Waals surface area contributed by atoms with Gasteiger partial charge in [0.05, 0.1) is 65.8 Å². The molecule has 304 valence electrons. The predicted octanol–water partition coefficient (Wildman–Crippen LogP) is 7.01. The number of aromatic nitrogens is 1. The van der Waals surface area contributed by atoms with E-state index in [9.17, 15) is 19.5 Å². The Morgan fingerprint density at radius 2 is 1.51 bits per heavy atom. The minimum Gasteiger partial charge on any atom is -0.491 e. The second-order valence-corrected chi connectivity index (χ2v) is 13.4. The van der Waals surface area contributed by atoms with E-state index < -0.39 is 11.9 Å². The molecular weight excluding hydrogens is 730 g/mol. The van der Waals surface area contributed by atoms with E-state index in [-0.39, 0.29) is 31.1 Å². The lowest BCUT2D eigenvalue weighted by Crippen LogP contribution is -2.30. The Morgan fingerprint density at radius 1 is 0.807 bits per heavy atom. The Morgan fingerprint density at radius 3 is 2.21 bits per heavy atom. The summed E-state index contributed by atoms with van der Waals surface area (Å²) in [5, 5.41) is 17.7. The van der Waals surface area contributed by atoms with Gasteiger partial charge in [0.15, 0.2) is 5.78 Å². The molecule has 4 aromatic rings. The number of ether oxygens (including phenoxy) is 5. The number of carboxylic acids is 1. The van der Waals surface area contributed by atoms with Gasteiger partial charge in [0, 0.05) is 47.5 Å². The van der Waals surface area contributed by atoms with Gasteiger partial charge in [-0.25, -0.2) is 0 Å². The van der Waals surface area contributed by atoms with Crippen LogP contribution < -0.4 is 10.1 Å². The summed E-state index contributed by atoms with van der Waals surface area (Å²) < 4.78 is 28.0. The topological polar surface area (TPSA) is 191 Å². The second-order valence-electron chi connectivity index (χ2n) is 13.4. The summed E-state index contributed by atoms with van der Waals surface area (Å²) in [4.78, 5) is 44.4. The number of carbonyl (C=O) groups excluding carboxylic acids is 2. The first-order valence-electron chi connectivity index (χ1n) is 19.3. The van der Waals surface area contributed by atoms with Gasteiger partial charge < -0.3 is 34.1 Å². The summed E-state index contributed by atoms with van der Waals surface area (Å²) in [7, 11) is 0. The molecule has 14 heteroatoms. The average molecular weight is 784 g/mol. The van der Waals surface area contributed by atoms with Crippen LogP contribution in [-0.2, 0) is 39.8 Å². The third-order valence-electron chi connectivity index (χ3n) is 8.99. The number of pyridine rings is 1. The average Bonchev–Trinajstić information content (AvgIpc) is 3.21. The molecule has 0 fully saturated rings. The molecule has 0 aliphatic rings. The highest BCUT2D eigenvalue weighted by molar-refractivity contribution is 6.00. The first kappa shape index (κ1) is 44.3. The molecule has 0 spiro atoms. The van der Waals surface area contributed by atoms with Gasteiger partial charge in [-0.1, -0.05) is 59.7 Å². The van der Waals surface area contributed by atoms with E-state index in [0.29, 0.717) is 84.6 Å². The monoisotopic (exact) mass is 783 g/mol. The van der Waals surface area contributed by atoms with E-state index >= 15 is 0 Å². The number of hydrogen-bond donors (Lipinski definition) is 2. The standard InChI is InChI=1S/C43H53N5O9/c1-32-15-16-45-36(27-32)9-2-5-12-42(50)46-31-37(49)29-35(30-43(51)52)33-7-6-8-34(28-33)38-13-14-41(40-11-4-3-10-39(38)40)57-26-25-56-24-23-55-22-21-54-20-19-53-18-17-47-48-44/h3-4,6-8,10-11,13-16,27-28,35H,2,5,9,12,17-26,29-31H2,1H3,(H,46,50)(H,51,52)/t35-/m0/s1. The molecule has 0 aliphatic heterocycles. The molecule has 0 aliphatic carbocycles. The fraction of sp³-hybridized carbons (Fsp3) is 0.442. The molecule has 1 aromatic heterocycles. The van der Waals surface area contributed by atoms with Gasteiger partial charge in [0.2, 0.25) is 5.91 Å². The van der Waals surface area contributed by atoms with Gasteiger partial charge in [-0.3, -0.25) is 19.4 Å². The SMILES string of the molecule is Cc1ccnc(CCCCC(=O)NCC(=O)C[C@@H](CC(=O)O)c2cccc(-c3ccc(OCCOCCOCCOCCOCCN=[N+]=[N-])c4ccccc34)c2)c1. The predicted molar refractivity (Wildman–Crippen MR) is 216 cm³/mol. The normalized spacial score (nSPS) is 11.5. The maximum Gasteiger partial charge on any atom is 0.303 e. The lowest BCUT2D eigenvalue weighted by Gasteiger charge is -2.17. The van der Waals surface area contributed by atoms with Crippen molar-refractivity contribution in [2.75, 3.05) is 72.6 Å². The van der Waals surface area contributed by atoms with Crippen LogP contribution >= 0.6 is 0 Å². The third kappa shape index (κ3) is 16.7. The molecule has 0 unspecified atom stereocenters. The van der Waals surface area contributed by atoms with Crippen molar-refractivity contribution >= 4 is 28.4 Å². The van der Waals surface area contributed by atoms with Crippen LogP contribution in [0.15, 0.2) is 84.1 Å². The van der Waals surface area contributed by atoms with Crippen LogP contribution in [0.3, 0.4) is 0 Å². The van der Waals surface area contributed by atoms with Gasteiger partial charge in [0.25, 0.3) is 0 Å². The zero-order chi connectivity index (χ0) is 40.5. The quantitative estimate of drug-likeness (QED) is 0.0251. The van der Waals surface area contributed by atoms with E-state index in [1.165, 1.54) is 0 Å². The van der Waals surface area contributed by atoms with Crippen LogP contribution in [0.1, 0.15) is 54.8 Å². The third-order valence-corrected chi connectivity index (χ3v) is 8.99. The van der Waals surface area contributed by atoms with Crippen molar-refractivity contribution < 1.29 is 43.2 Å². The van der Waals surface area contributed by atoms with Crippen LogP contribution in [0.4, 0.5) is 0 Å². The maximum atomic E-state index is 13.0. The van der Waals surface area contributed by atoms with Gasteiger partial charge >= 0.3 is 5.97 Å². The van der Waals surface area contributed by atoms with Gasteiger partial charge in [0.1, 0.15) is 12.4 Å². The number of amides is 1. The van der Waals surface area contributed by atoms with Crippen LogP contribution in [0, 0.1) is 6.92 Å². The van der Waals surface area contributed by atoms with Crippen LogP contribution in [0.2, 0.25) is 0 Å². The van der Waals surface area contributed by atoms with Crippen LogP contribution in [-0.4, -0.2) is 100 Å². The summed E-state index contributed by atoms with van der Waals surface area (Å²) in [6.45, 7) is 5.84. The van der Waals surface area contributed by atoms with Gasteiger partial charge in [-0.15, -0.1) is 0 Å². The number of azide groups is 1. The number of nitrogens with one attached hydrogen (secondary N) is 1. The highest BCUT2D eigenvalue weighted by atomic mass is 16.6. The Bertz CT molecular complexity index is 1920. The van der Waals surface area contributed by atoms with E-state index in [2.05, 4.69) is 20.3 Å². The van der Waals surface area contributed by atoms with E-state index in [1.54, 1.807) is 6.20 Å². The van der Waals surface area contributed by atoms with E-state index in [0.717, 1.165) is 51.6 Å². The highest BCUT2D eigenvalue weighted by Crippen LogP contribution is 2.36. The summed E-state index contributed by atoms with van der Waals surface area (Å²) >= 11 is 0. The summed E-state index contributed by atoms with van der Waals surface area (Å²) in [5.74, 6) is -1.28. The summed E-state index contributed by atoms with van der Waals surface area (Å²) in [6, 6.07) is 23.4. The van der Waals surface area contributed by atoms with E-state index in [4.69, 9.17) is 29.2 Å². The molecule has 2 N–H and O–H groups in total. The number of fused-ring (bicyclic) bond motifs is 1. The number of unbranched alkanes of at least 4 members (excludes halogenated alkanes) is 1. The molecule has 1 heterocycles. The van der Waals surface area contributed by atoms with Gasteiger partial charge in [-0.05, 0) is 77.6 Å². The molecule has 1 atom stereocenters. The smallest absolute Gasteiger partial charge is 0.303 e. The zero-order valence-electron chi connectivity index (χ0n) is 32.6. The molecule has 14 nitrogen and oxygen atoms in total. The van der Waals surface area contributed by atoms with Crippen molar-refractivity contribution in [3.63, 3.8) is 0 Å². The molecule has 1 amide bonds. The fourth-order valence-corrected chi connectivity index (χ4v) is 6.21. The molecule has 3 aromatic carbocycles. The number of benzene rings is 3. The number of aryl methyl sites for hydroxylation is 2. The van der Waals surface area contributed by atoms with Crippen molar-refractivity contribution in [2.45, 2.75) is 51.4 Å². The zero-order valence-corrected chi connectivity index (χ0v) is 32.6. The summed E-state index contributed by atoms with van der Waals surface area (Å²) in [5.41, 5.74) is 12.9. The number of rotatable bonds is 29. The Labute approximate surface area is 333 Å².